The first kappa shape index (κ1) is 14.9. The maximum atomic E-state index is 12.6. The zero-order valence-corrected chi connectivity index (χ0v) is 14.2. The van der Waals surface area contributed by atoms with Crippen LogP contribution >= 0.6 is 31.9 Å². The largest absolute Gasteiger partial charge is 0.497 e. The molecule has 5 heteroatoms. The lowest BCUT2D eigenvalue weighted by molar-refractivity contribution is 0.0704. The van der Waals surface area contributed by atoms with Crippen LogP contribution in [0.3, 0.4) is 0 Å². The normalized spacial score (nSPS) is 23.3. The zero-order valence-electron chi connectivity index (χ0n) is 11.0. The number of nitrogens with zero attached hydrogens (tertiary/aromatic N) is 1. The first-order valence-corrected chi connectivity index (χ1v) is 8.00. The van der Waals surface area contributed by atoms with E-state index in [-0.39, 0.29) is 5.91 Å². The van der Waals surface area contributed by atoms with E-state index >= 15 is 0 Å². The molecule has 19 heavy (non-hydrogen) atoms. The van der Waals surface area contributed by atoms with Gasteiger partial charge in [-0.15, -0.1) is 0 Å². The second kappa shape index (κ2) is 6.27. The lowest BCUT2D eigenvalue weighted by Gasteiger charge is -2.34. The predicted molar refractivity (Wildman–Crippen MR) is 83.1 cm³/mol. The molecule has 2 atom stereocenters. The number of ether oxygens (including phenoxy) is 1. The third-order valence-corrected chi connectivity index (χ3v) is 5.44. The summed E-state index contributed by atoms with van der Waals surface area (Å²) >= 11 is 7.09. The van der Waals surface area contributed by atoms with E-state index in [0.717, 1.165) is 24.0 Å². The van der Waals surface area contributed by atoms with E-state index in [0.29, 0.717) is 22.1 Å². The first-order chi connectivity index (χ1) is 9.02. The summed E-state index contributed by atoms with van der Waals surface area (Å²) in [6, 6.07) is 5.48. The van der Waals surface area contributed by atoms with Crippen LogP contribution in [-0.4, -0.2) is 35.8 Å². The molecule has 1 amide bonds. The predicted octanol–water partition coefficient (Wildman–Crippen LogP) is 3.70. The maximum Gasteiger partial charge on any atom is 0.255 e. The van der Waals surface area contributed by atoms with Gasteiger partial charge in [0.05, 0.1) is 12.7 Å². The Labute approximate surface area is 130 Å². The third kappa shape index (κ3) is 3.31. The lowest BCUT2D eigenvalue weighted by Crippen LogP contribution is -2.43. The van der Waals surface area contributed by atoms with Crippen molar-refractivity contribution in [3.63, 3.8) is 0 Å². The first-order valence-electron chi connectivity index (χ1n) is 6.29. The third-order valence-electron chi connectivity index (χ3n) is 3.56. The quantitative estimate of drug-likeness (QED) is 0.720. The SMILES string of the molecule is COc1ccc(Br)c(C(=O)N2CCC(C)C(Br)C2)c1. The van der Waals surface area contributed by atoms with Crippen molar-refractivity contribution in [1.82, 2.24) is 4.90 Å². The highest BCUT2D eigenvalue weighted by molar-refractivity contribution is 9.10. The van der Waals surface area contributed by atoms with Crippen LogP contribution in [0.2, 0.25) is 0 Å². The molecule has 0 aliphatic carbocycles. The molecule has 1 aromatic carbocycles. The summed E-state index contributed by atoms with van der Waals surface area (Å²) in [6.07, 6.45) is 1.03. The van der Waals surface area contributed by atoms with Crippen molar-refractivity contribution < 1.29 is 9.53 Å². The van der Waals surface area contributed by atoms with Crippen LogP contribution in [0.5, 0.6) is 5.75 Å². The smallest absolute Gasteiger partial charge is 0.255 e. The molecule has 0 radical (unpaired) electrons. The number of alkyl halides is 1. The Kier molecular flexibility index (Phi) is 4.90. The Morgan fingerprint density at radius 2 is 2.21 bits per heavy atom. The molecule has 2 rings (SSSR count). The minimum Gasteiger partial charge on any atom is -0.497 e. The minimum atomic E-state index is 0.0575. The number of piperidine rings is 1. The fourth-order valence-corrected chi connectivity index (χ4v) is 3.20. The zero-order chi connectivity index (χ0) is 14.0. The lowest BCUT2D eigenvalue weighted by atomic mass is 9.98. The fourth-order valence-electron chi connectivity index (χ4n) is 2.17. The summed E-state index contributed by atoms with van der Waals surface area (Å²) < 4.78 is 5.99. The number of carbonyl (C=O) groups excluding carboxylic acids is 1. The summed E-state index contributed by atoms with van der Waals surface area (Å²) in [5.41, 5.74) is 0.661. The van der Waals surface area contributed by atoms with Gasteiger partial charge in [-0.05, 0) is 46.5 Å². The Morgan fingerprint density at radius 1 is 1.47 bits per heavy atom. The molecule has 1 fully saturated rings. The van der Waals surface area contributed by atoms with Gasteiger partial charge in [0.2, 0.25) is 0 Å². The molecule has 104 valence electrons. The Hall–Kier alpha value is -0.550. The van der Waals surface area contributed by atoms with E-state index in [4.69, 9.17) is 4.74 Å². The van der Waals surface area contributed by atoms with Crippen LogP contribution < -0.4 is 4.74 Å². The van der Waals surface area contributed by atoms with Gasteiger partial charge in [-0.3, -0.25) is 4.79 Å². The van der Waals surface area contributed by atoms with Crippen molar-refractivity contribution in [2.24, 2.45) is 5.92 Å². The highest BCUT2D eigenvalue weighted by atomic mass is 79.9. The van der Waals surface area contributed by atoms with Crippen LogP contribution in [0.15, 0.2) is 22.7 Å². The second-order valence-corrected chi connectivity index (χ2v) is 6.91. The molecular formula is C14H17Br2NO2. The van der Waals surface area contributed by atoms with Crippen LogP contribution in [0.1, 0.15) is 23.7 Å². The van der Waals surface area contributed by atoms with Gasteiger partial charge in [-0.2, -0.15) is 0 Å². The fraction of sp³-hybridized carbons (Fsp3) is 0.500. The second-order valence-electron chi connectivity index (χ2n) is 4.88. The summed E-state index contributed by atoms with van der Waals surface area (Å²) in [6.45, 7) is 3.78. The van der Waals surface area contributed by atoms with E-state index in [1.807, 2.05) is 17.0 Å². The number of benzene rings is 1. The Balaban J connectivity index is 2.20. The van der Waals surface area contributed by atoms with Gasteiger partial charge in [0, 0.05) is 22.4 Å². The number of methoxy groups -OCH3 is 1. The summed E-state index contributed by atoms with van der Waals surface area (Å²) in [5, 5.41) is 0. The molecule has 1 heterocycles. The van der Waals surface area contributed by atoms with Crippen molar-refractivity contribution >= 4 is 37.8 Å². The van der Waals surface area contributed by atoms with E-state index in [1.54, 1.807) is 13.2 Å². The maximum absolute atomic E-state index is 12.6. The number of hydrogen-bond donors (Lipinski definition) is 0. The molecule has 0 bridgehead atoms. The van der Waals surface area contributed by atoms with Gasteiger partial charge in [-0.25, -0.2) is 0 Å². The Morgan fingerprint density at radius 3 is 2.84 bits per heavy atom. The number of hydrogen-bond acceptors (Lipinski definition) is 2. The van der Waals surface area contributed by atoms with Gasteiger partial charge in [-0.1, -0.05) is 22.9 Å². The molecule has 1 aromatic rings. The van der Waals surface area contributed by atoms with Crippen molar-refractivity contribution in [2.45, 2.75) is 18.2 Å². The van der Waals surface area contributed by atoms with Crippen molar-refractivity contribution in [1.29, 1.82) is 0 Å². The van der Waals surface area contributed by atoms with Crippen molar-refractivity contribution in [3.05, 3.63) is 28.2 Å². The van der Waals surface area contributed by atoms with E-state index < -0.39 is 0 Å². The summed E-state index contributed by atoms with van der Waals surface area (Å²) in [4.78, 5) is 14.8. The average molecular weight is 391 g/mol. The van der Waals surface area contributed by atoms with Gasteiger partial charge in [0.15, 0.2) is 0 Å². The van der Waals surface area contributed by atoms with Gasteiger partial charge >= 0.3 is 0 Å². The van der Waals surface area contributed by atoms with E-state index in [9.17, 15) is 4.79 Å². The van der Waals surface area contributed by atoms with Crippen LogP contribution in [0.25, 0.3) is 0 Å². The van der Waals surface area contributed by atoms with Crippen LogP contribution in [-0.2, 0) is 0 Å². The van der Waals surface area contributed by atoms with Gasteiger partial charge in [0.25, 0.3) is 5.91 Å². The van der Waals surface area contributed by atoms with Gasteiger partial charge < -0.3 is 9.64 Å². The number of halogens is 2. The summed E-state index contributed by atoms with van der Waals surface area (Å²) in [7, 11) is 1.61. The average Bonchev–Trinajstić information content (AvgIpc) is 2.41. The monoisotopic (exact) mass is 389 g/mol. The van der Waals surface area contributed by atoms with Gasteiger partial charge in [0.1, 0.15) is 5.75 Å². The van der Waals surface area contributed by atoms with Crippen molar-refractivity contribution in [2.75, 3.05) is 20.2 Å². The number of rotatable bonds is 2. The molecule has 1 aliphatic rings. The standard InChI is InChI=1S/C14H17Br2NO2/c1-9-5-6-17(8-13(9)16)14(18)11-7-10(19-2)3-4-12(11)15/h3-4,7,9,13H,5-6,8H2,1-2H3. The van der Waals surface area contributed by atoms with Crippen LogP contribution in [0, 0.1) is 5.92 Å². The van der Waals surface area contributed by atoms with Crippen molar-refractivity contribution in [3.8, 4) is 5.75 Å². The highest BCUT2D eigenvalue weighted by Gasteiger charge is 2.28. The van der Waals surface area contributed by atoms with E-state index in [2.05, 4.69) is 38.8 Å². The van der Waals surface area contributed by atoms with E-state index in [1.165, 1.54) is 0 Å². The molecule has 0 aromatic heterocycles. The molecule has 2 unspecified atom stereocenters. The molecule has 1 aliphatic heterocycles. The Bertz CT molecular complexity index is 479. The molecule has 3 nitrogen and oxygen atoms in total. The summed E-state index contributed by atoms with van der Waals surface area (Å²) in [5.74, 6) is 1.37. The van der Waals surface area contributed by atoms with Crippen LogP contribution in [0.4, 0.5) is 0 Å². The number of amides is 1. The molecule has 1 saturated heterocycles. The molecule has 0 spiro atoms. The number of likely N-dealkylation sites (tertiary alicyclic amines) is 1. The topological polar surface area (TPSA) is 29.5 Å². The molecule has 0 saturated carbocycles. The minimum absolute atomic E-state index is 0.0575. The number of carbonyl (C=O) groups is 1. The highest BCUT2D eigenvalue weighted by Crippen LogP contribution is 2.28. The molecular weight excluding hydrogens is 374 g/mol. The molecule has 0 N–H and O–H groups in total.